The van der Waals surface area contributed by atoms with Gasteiger partial charge in [-0.15, -0.1) is 6.58 Å². The number of allylic oxidation sites excluding steroid dienone is 1. The number of hydrogen-bond acceptors (Lipinski definition) is 6. The molecule has 178 valence electrons. The van der Waals surface area contributed by atoms with E-state index in [1.165, 1.54) is 0 Å². The Hall–Kier alpha value is -1.44. The summed E-state index contributed by atoms with van der Waals surface area (Å²) in [4.78, 5) is 15.1. The lowest BCUT2D eigenvalue weighted by Gasteiger charge is -2.09. The summed E-state index contributed by atoms with van der Waals surface area (Å²) in [5.41, 5.74) is 1.22. The Bertz CT molecular complexity index is 613. The van der Waals surface area contributed by atoms with Gasteiger partial charge in [0.2, 0.25) is 0 Å². The van der Waals surface area contributed by atoms with Crippen molar-refractivity contribution in [3.8, 4) is 0 Å². The predicted octanol–water partition coefficient (Wildman–Crippen LogP) is 5.56. The Morgan fingerprint density at radius 2 is 1.90 bits per heavy atom. The van der Waals surface area contributed by atoms with E-state index < -0.39 is 0 Å². The minimum Gasteiger partial charge on any atom is -0.393 e. The summed E-state index contributed by atoms with van der Waals surface area (Å²) in [6.07, 6.45) is 3.53. The zero-order chi connectivity index (χ0) is 23.9. The summed E-state index contributed by atoms with van der Waals surface area (Å²) in [6.45, 7) is 15.0. The minimum atomic E-state index is 0.284. The van der Waals surface area contributed by atoms with Gasteiger partial charge in [-0.2, -0.15) is 0 Å². The van der Waals surface area contributed by atoms with E-state index in [0.717, 1.165) is 37.7 Å². The fourth-order valence-electron chi connectivity index (χ4n) is 1.96. The molecule has 1 aromatic rings. The van der Waals surface area contributed by atoms with Crippen LogP contribution in [0.1, 0.15) is 39.7 Å². The average Bonchev–Trinajstić information content (AvgIpc) is 2.74. The Kier molecular flexibility index (Phi) is 23.8. The lowest BCUT2D eigenvalue weighted by Crippen LogP contribution is -2.17. The molecule has 0 aliphatic carbocycles. The number of halogens is 2. The van der Waals surface area contributed by atoms with E-state index in [1.54, 1.807) is 25.1 Å². The fourth-order valence-corrected chi connectivity index (χ4v) is 2.28. The molecule has 0 saturated heterocycles. The molecule has 0 aliphatic rings. The van der Waals surface area contributed by atoms with Crippen LogP contribution in [0, 0.1) is 5.92 Å². The van der Waals surface area contributed by atoms with E-state index in [0.29, 0.717) is 35.3 Å². The first kappa shape index (κ1) is 31.7. The number of carbonyl (C=O) groups is 1. The molecule has 0 radical (unpaired) electrons. The third-order valence-corrected chi connectivity index (χ3v) is 4.20. The molecule has 0 aliphatic heterocycles. The second-order valence-corrected chi connectivity index (χ2v) is 7.36. The van der Waals surface area contributed by atoms with Crippen LogP contribution in [0.5, 0.6) is 0 Å². The summed E-state index contributed by atoms with van der Waals surface area (Å²) in [5.74, 6) is 0.733. The van der Waals surface area contributed by atoms with Crippen molar-refractivity contribution in [2.24, 2.45) is 11.1 Å². The monoisotopic (exact) mass is 476 g/mol. The van der Waals surface area contributed by atoms with Crippen LogP contribution >= 0.6 is 23.2 Å². The molecule has 0 saturated carbocycles. The van der Waals surface area contributed by atoms with Gasteiger partial charge in [0, 0.05) is 13.2 Å². The first-order chi connectivity index (χ1) is 14.9. The van der Waals surface area contributed by atoms with Crippen LogP contribution in [0.3, 0.4) is 0 Å². The van der Waals surface area contributed by atoms with Crippen molar-refractivity contribution >= 4 is 35.2 Å². The van der Waals surface area contributed by atoms with Crippen LogP contribution in [0.4, 0.5) is 0 Å². The molecule has 0 spiro atoms. The normalized spacial score (nSPS) is 11.4. The predicted molar refractivity (Wildman–Crippen MR) is 131 cm³/mol. The SMILES string of the molecule is C/C(C=O)=N\OCCOCc1ccc(Cl)c(Cl)c1.C=CC.CCOCCC(C)CNC. The topological polar surface area (TPSA) is 69.2 Å². The molecule has 0 fully saturated rings. The Morgan fingerprint density at radius 3 is 2.45 bits per heavy atom. The number of nitrogens with one attached hydrogen (secondary N) is 1. The lowest BCUT2D eigenvalue weighted by molar-refractivity contribution is -0.102. The third kappa shape index (κ3) is 21.6. The molecule has 0 heterocycles. The van der Waals surface area contributed by atoms with Gasteiger partial charge in [-0.1, -0.05) is 47.4 Å². The largest absolute Gasteiger partial charge is 0.393 e. The van der Waals surface area contributed by atoms with Gasteiger partial charge in [-0.05, 0) is 64.4 Å². The van der Waals surface area contributed by atoms with Gasteiger partial charge < -0.3 is 19.6 Å². The first-order valence-electron chi connectivity index (χ1n) is 10.3. The zero-order valence-electron chi connectivity index (χ0n) is 19.5. The van der Waals surface area contributed by atoms with Gasteiger partial charge in [-0.25, -0.2) is 0 Å². The van der Waals surface area contributed by atoms with Gasteiger partial charge >= 0.3 is 0 Å². The maximum Gasteiger partial charge on any atom is 0.167 e. The van der Waals surface area contributed by atoms with Crippen LogP contribution in [-0.4, -0.2) is 52.0 Å². The van der Waals surface area contributed by atoms with E-state index in [4.69, 9.17) is 37.5 Å². The molecule has 1 atom stereocenters. The third-order valence-electron chi connectivity index (χ3n) is 3.46. The Balaban J connectivity index is 0. The quantitative estimate of drug-likeness (QED) is 0.132. The van der Waals surface area contributed by atoms with Crippen molar-refractivity contribution in [3.05, 3.63) is 46.5 Å². The molecule has 6 nitrogen and oxygen atoms in total. The van der Waals surface area contributed by atoms with Crippen molar-refractivity contribution in [2.45, 2.75) is 40.7 Å². The highest BCUT2D eigenvalue weighted by molar-refractivity contribution is 6.42. The minimum absolute atomic E-state index is 0.284. The molecular weight excluding hydrogens is 439 g/mol. The maximum atomic E-state index is 10.2. The fraction of sp³-hybridized carbons (Fsp3) is 0.565. The second-order valence-electron chi connectivity index (χ2n) is 6.54. The lowest BCUT2D eigenvalue weighted by atomic mass is 10.1. The smallest absolute Gasteiger partial charge is 0.167 e. The average molecular weight is 477 g/mol. The highest BCUT2D eigenvalue weighted by Gasteiger charge is 2.00. The summed E-state index contributed by atoms with van der Waals surface area (Å²) in [5, 5.41) is 7.70. The van der Waals surface area contributed by atoms with Crippen molar-refractivity contribution in [1.29, 1.82) is 0 Å². The highest BCUT2D eigenvalue weighted by Crippen LogP contribution is 2.22. The zero-order valence-corrected chi connectivity index (χ0v) is 21.0. The molecule has 1 unspecified atom stereocenters. The van der Waals surface area contributed by atoms with E-state index in [9.17, 15) is 4.79 Å². The van der Waals surface area contributed by atoms with Crippen LogP contribution in [0.15, 0.2) is 36.0 Å². The molecular formula is C23H38Cl2N2O4. The number of benzene rings is 1. The number of nitrogens with zero attached hydrogens (tertiary/aromatic N) is 1. The van der Waals surface area contributed by atoms with Crippen LogP contribution in [0.25, 0.3) is 0 Å². The molecule has 31 heavy (non-hydrogen) atoms. The van der Waals surface area contributed by atoms with Crippen LogP contribution < -0.4 is 5.32 Å². The highest BCUT2D eigenvalue weighted by atomic mass is 35.5. The van der Waals surface area contributed by atoms with Crippen molar-refractivity contribution < 1.29 is 19.1 Å². The van der Waals surface area contributed by atoms with Crippen LogP contribution in [-0.2, 0) is 25.7 Å². The number of oxime groups is 1. The van der Waals surface area contributed by atoms with E-state index in [-0.39, 0.29) is 6.61 Å². The molecule has 0 amide bonds. The van der Waals surface area contributed by atoms with Crippen LogP contribution in [0.2, 0.25) is 10.0 Å². The van der Waals surface area contributed by atoms with Gasteiger partial charge in [0.05, 0.1) is 23.3 Å². The van der Waals surface area contributed by atoms with Crippen molar-refractivity contribution in [1.82, 2.24) is 5.32 Å². The Morgan fingerprint density at radius 1 is 1.23 bits per heavy atom. The summed E-state index contributed by atoms with van der Waals surface area (Å²) in [6, 6.07) is 5.31. The molecule has 0 bridgehead atoms. The van der Waals surface area contributed by atoms with E-state index in [1.807, 2.05) is 27.0 Å². The number of aldehydes is 1. The summed E-state index contributed by atoms with van der Waals surface area (Å²) >= 11 is 11.7. The molecule has 1 N–H and O–H groups in total. The van der Waals surface area contributed by atoms with Crippen molar-refractivity contribution in [2.75, 3.05) is 40.0 Å². The van der Waals surface area contributed by atoms with E-state index >= 15 is 0 Å². The van der Waals surface area contributed by atoms with Crippen molar-refractivity contribution in [3.63, 3.8) is 0 Å². The molecule has 8 heteroatoms. The molecule has 0 aromatic heterocycles. The van der Waals surface area contributed by atoms with Gasteiger partial charge in [0.1, 0.15) is 12.3 Å². The number of rotatable bonds is 13. The van der Waals surface area contributed by atoms with E-state index in [2.05, 4.69) is 24.0 Å². The summed E-state index contributed by atoms with van der Waals surface area (Å²) < 4.78 is 10.6. The maximum absolute atomic E-state index is 10.2. The van der Waals surface area contributed by atoms with Gasteiger partial charge in [-0.3, -0.25) is 4.79 Å². The number of hydrogen-bond donors (Lipinski definition) is 1. The second kappa shape index (κ2) is 23.2. The number of carbonyl (C=O) groups excluding carboxylic acids is 1. The molecule has 1 rings (SSSR count). The first-order valence-corrected chi connectivity index (χ1v) is 11.0. The number of ether oxygens (including phenoxy) is 2. The van der Waals surface area contributed by atoms with Gasteiger partial charge in [0.15, 0.2) is 6.29 Å². The summed E-state index contributed by atoms with van der Waals surface area (Å²) in [7, 11) is 1.98. The Labute approximate surface area is 197 Å². The van der Waals surface area contributed by atoms with Gasteiger partial charge in [0.25, 0.3) is 0 Å². The standard InChI is InChI=1S/C12H13Cl2NO3.C8H19NO.C3H6/c1-9(7-16)15-18-5-4-17-8-10-2-3-11(13)12(14)6-10;1-4-10-6-5-8(2)7-9-3;1-3-2/h2-3,6-7H,4-5,8H2,1H3;8-9H,4-7H2,1-3H3;3H,1H2,2H3/b15-9+;;. The molecule has 1 aromatic carbocycles.